The molecule has 128 heavy (non-hydrogen) atoms. The van der Waals surface area contributed by atoms with E-state index in [0.717, 1.165) is 89.6 Å². The summed E-state index contributed by atoms with van der Waals surface area (Å²) in [5.41, 5.74) is 35.0. The first-order valence-corrected chi connectivity index (χ1v) is 52.3. The Morgan fingerprint density at radius 2 is 1.04 bits per heavy atom. The third-order valence-corrected chi connectivity index (χ3v) is 33.4. The number of anilines is 1. The predicted molar refractivity (Wildman–Crippen MR) is 507 cm³/mol. The van der Waals surface area contributed by atoms with E-state index in [-0.39, 0.29) is 90.3 Å². The number of hydrogen-bond donors (Lipinski definition) is 6. The molecule has 0 unspecified atom stereocenters. The molecular formula is C96H120BrN13O13PPdS3+. The molecule has 8 heterocycles. The van der Waals surface area contributed by atoms with Crippen molar-refractivity contribution in [2.45, 2.75) is 210 Å². The number of halogens is 1. The van der Waals surface area contributed by atoms with E-state index in [9.17, 15) is 44.4 Å². The van der Waals surface area contributed by atoms with E-state index in [4.69, 9.17) is 31.2 Å². The van der Waals surface area contributed by atoms with Crippen LogP contribution in [0.25, 0.3) is 39.3 Å². The van der Waals surface area contributed by atoms with Crippen LogP contribution in [0.4, 0.5) is 11.4 Å². The summed E-state index contributed by atoms with van der Waals surface area (Å²) < 4.78 is 86.8. The summed E-state index contributed by atoms with van der Waals surface area (Å²) in [5.74, 6) is 1.76. The molecule has 2 spiro atoms. The molecule has 0 radical (unpaired) electrons. The smallest absolute Gasteiger partial charge is 0.706 e. The third-order valence-electron chi connectivity index (χ3n) is 25.6. The van der Waals surface area contributed by atoms with E-state index in [0.29, 0.717) is 95.9 Å². The number of aromatic nitrogens is 6. The molecule has 0 atom stereocenters. The maximum absolute atomic E-state index is 13.0. The van der Waals surface area contributed by atoms with Crippen LogP contribution < -0.4 is 47.1 Å². The number of nitrogens with two attached hydrogens (primary N) is 2. The van der Waals surface area contributed by atoms with Crippen molar-refractivity contribution in [3.05, 3.63) is 226 Å². The number of carbonyl (C=O) groups excluding carboxylic acids is 4. The second-order valence-corrected chi connectivity index (χ2v) is 46.2. The summed E-state index contributed by atoms with van der Waals surface area (Å²) in [4.78, 5) is 67.7. The van der Waals surface area contributed by atoms with E-state index in [1.807, 2.05) is 84.0 Å². The quantitative estimate of drug-likeness (QED) is 0.0189. The van der Waals surface area contributed by atoms with Crippen LogP contribution >= 0.6 is 23.9 Å². The summed E-state index contributed by atoms with van der Waals surface area (Å²) in [7, 11) is -9.87. The minimum atomic E-state index is -3.67. The van der Waals surface area contributed by atoms with Crippen LogP contribution in [0.1, 0.15) is 233 Å². The Labute approximate surface area is 776 Å². The van der Waals surface area contributed by atoms with E-state index >= 15 is 0 Å². The zero-order valence-electron chi connectivity index (χ0n) is 73.8. The van der Waals surface area contributed by atoms with Crippen molar-refractivity contribution in [3.63, 3.8) is 0 Å². The Morgan fingerprint density at radius 3 is 1.48 bits per heavy atom. The summed E-state index contributed by atoms with van der Waals surface area (Å²) in [6, 6.07) is 47.5. The molecule has 9 N–H and O–H groups in total. The number of carbonyl (C=O) groups is 4. The number of nitrogens with one attached hydrogen (secondary N) is 4. The number of benzene rings is 4. The van der Waals surface area contributed by atoms with Gasteiger partial charge in [-0.25, -0.2) is 36.8 Å². The van der Waals surface area contributed by atoms with Crippen LogP contribution in [0.2, 0.25) is 0 Å². The number of ether oxygens (including phenoxy) is 2. The fourth-order valence-corrected chi connectivity index (χ4v) is 26.3. The maximum atomic E-state index is 13.0. The van der Waals surface area contributed by atoms with E-state index in [2.05, 4.69) is 136 Å². The first-order chi connectivity index (χ1) is 60.6. The summed E-state index contributed by atoms with van der Waals surface area (Å²) in [5, 5.41) is 11.0. The van der Waals surface area contributed by atoms with Gasteiger partial charge in [-0.15, -0.1) is 41.5 Å². The van der Waals surface area contributed by atoms with Crippen LogP contribution in [0.3, 0.4) is 0 Å². The van der Waals surface area contributed by atoms with Gasteiger partial charge in [0.1, 0.15) is 46.0 Å². The minimum absolute atomic E-state index is 0. The van der Waals surface area contributed by atoms with Gasteiger partial charge in [0.2, 0.25) is 11.8 Å². The van der Waals surface area contributed by atoms with Crippen molar-refractivity contribution < 1.29 is 78.9 Å². The van der Waals surface area contributed by atoms with Crippen LogP contribution in [0, 0.1) is 16.9 Å². The monoisotopic (exact) mass is 1970 g/mol. The fourth-order valence-electron chi connectivity index (χ4n) is 19.2. The van der Waals surface area contributed by atoms with Gasteiger partial charge in [-0.2, -0.15) is 14.1 Å². The third kappa shape index (κ3) is 25.4. The molecule has 6 aromatic heterocycles. The number of primary amides is 2. The number of imidazole rings is 2. The Hall–Kier alpha value is -9.02. The van der Waals surface area contributed by atoms with Crippen LogP contribution in [-0.4, -0.2) is 173 Å². The zero-order valence-corrected chi connectivity index (χ0v) is 80.4. The van der Waals surface area contributed by atoms with Crippen molar-refractivity contribution in [1.82, 2.24) is 44.7 Å². The first kappa shape index (κ1) is 98.0. The van der Waals surface area contributed by atoms with Gasteiger partial charge in [0.25, 0.3) is 33.7 Å². The molecule has 0 bridgehead atoms. The molecule has 18 rings (SSSR count). The van der Waals surface area contributed by atoms with Gasteiger partial charge in [0.05, 0.1) is 58.3 Å². The normalized spacial score (nSPS) is 21.5. The molecule has 8 fully saturated rings. The van der Waals surface area contributed by atoms with Crippen molar-refractivity contribution in [2.75, 3.05) is 60.3 Å². The predicted octanol–water partition coefficient (Wildman–Crippen LogP) is 16.5. The molecular weight excluding hydrogens is 1860 g/mol. The van der Waals surface area contributed by atoms with E-state index in [1.54, 1.807) is 91.5 Å². The van der Waals surface area contributed by atoms with Gasteiger partial charge in [-0.1, -0.05) is 125 Å². The maximum Gasteiger partial charge on any atom is 2.00 e. The summed E-state index contributed by atoms with van der Waals surface area (Å²) >= 11 is 3.41. The first-order valence-electron chi connectivity index (χ1n) is 44.3. The van der Waals surface area contributed by atoms with Gasteiger partial charge in [0, 0.05) is 92.8 Å². The number of hydrogen-bond acceptors (Lipinski definition) is 18. The van der Waals surface area contributed by atoms with E-state index in [1.165, 1.54) is 69.8 Å². The number of fused-ring (bicyclic) bond motifs is 2. The molecule has 8 aliphatic rings. The standard InChI is InChI=1S/C33H49P.C25H28N6O5S.C21H20BrN5O3.C12H9N.C4H9NO2S.CH4O3S.Pd/c1-23(2)26-21-30(24(3)4)33(31(22-26)25(5)6)29-19-13-14-20-32(29)34(27-15-9-7-10-16-27)28-17-11-8-12-18-28;26-22(32)19-2-1-4-27-24(19)36-18-13-25(14-18)11-16(12-25)29-23(33)20-15-28-21-10-17(3-5-31(20)21)30-6-8-37(34,35)9-7-30;22-12-3-5-27-16(11-25-17(27)6-12)19(29)26-13-7-21(8-13)9-14(10-21)30-20-15(18(23)28)2-1-4-24-20;13-12-9-5-4-8-11(12)10-6-2-1-3-7-10;6-8(7)3-1-5-2-4-8;1-5(2,3)4;/h13-14,19-25,27-28H,7-12,15-18H2,1-6H3;1-5,10,15-16,18H,6-9,11-14H2,(H2,26,32)(H,29,33);1-6,11,13-14H,7-10H2,(H2,23,28)(H,26,29);1-6,8-9,13H;5H,1-4H2;1H3,(H,2,3,4);/q;;;-2;;;+2/p+1. The fraction of sp³-hybridized carbons (Fsp3) is 0.458. The van der Waals surface area contributed by atoms with Gasteiger partial charge in [-0.05, 0) is 202 Å². The van der Waals surface area contributed by atoms with E-state index < -0.39 is 49.5 Å². The van der Waals surface area contributed by atoms with Crippen LogP contribution in [0.15, 0.2) is 175 Å². The second-order valence-electron chi connectivity index (χ2n) is 36.2. The minimum Gasteiger partial charge on any atom is -0.706 e. The van der Waals surface area contributed by atoms with Gasteiger partial charge in [-0.3, -0.25) is 32.5 Å². The molecule has 4 amide bonds. The van der Waals surface area contributed by atoms with Crippen molar-refractivity contribution in [2.24, 2.45) is 22.3 Å². The average molecular weight is 1980 g/mol. The number of pyridine rings is 4. The molecule has 26 nitrogen and oxygen atoms in total. The summed E-state index contributed by atoms with van der Waals surface area (Å²) in [6.07, 6.45) is 32.5. The number of sulfone groups is 2. The molecule has 686 valence electrons. The molecule has 4 aromatic carbocycles. The Balaban J connectivity index is 0.000000152. The van der Waals surface area contributed by atoms with Crippen LogP contribution in [0.5, 0.6) is 11.8 Å². The average Bonchev–Trinajstić information content (AvgIpc) is 0.828. The van der Waals surface area contributed by atoms with Gasteiger partial charge >= 0.3 is 20.4 Å². The van der Waals surface area contributed by atoms with Gasteiger partial charge < -0.3 is 47.5 Å². The topological polar surface area (TPSA) is 385 Å². The number of nitrogens with zero attached hydrogens (tertiary/aromatic N) is 7. The number of rotatable bonds is 19. The Morgan fingerprint density at radius 1 is 0.586 bits per heavy atom. The molecule has 6 saturated carbocycles. The molecule has 2 saturated heterocycles. The Bertz CT molecular complexity index is 5800. The molecule has 32 heteroatoms. The molecule has 2 aliphatic heterocycles. The van der Waals surface area contributed by atoms with Gasteiger partial charge in [0.15, 0.2) is 19.7 Å². The molecule has 10 aromatic rings. The SMILES string of the molecule is CC(C)c1cc(C(C)C)c(-c2ccccc2[PH+](C2CCCCC2)C2CCCCC2)c(C(C)C)c1.CS(=O)(=O)O.NC(=O)c1cccnc1OC1CC2(CC(NC(=O)c3cnc4cc(Br)ccn34)C2)C1.NC(=O)c1cccnc1OC1CC2(CC(NC(=O)c3cnc4cc(N5CCS(=O)(=O)CC5)ccn34)C2)C1.O=S1(=O)CCNCC1.[NH-]c1ccccc1-c1[c-]cccc1.[Pd+2]. The van der Waals surface area contributed by atoms with Crippen molar-refractivity contribution >= 4 is 105 Å². The zero-order chi connectivity index (χ0) is 90.5. The Kier molecular flexibility index (Phi) is 33.2. The van der Waals surface area contributed by atoms with Crippen molar-refractivity contribution in [3.8, 4) is 34.0 Å². The largest absolute Gasteiger partial charge is 2.00 e. The molecule has 6 aliphatic carbocycles. The summed E-state index contributed by atoms with van der Waals surface area (Å²) in [6.45, 7) is 16.5. The number of amides is 4. The van der Waals surface area contributed by atoms with Crippen LogP contribution in [-0.2, 0) is 50.2 Å². The van der Waals surface area contributed by atoms with Crippen molar-refractivity contribution in [1.29, 1.82) is 0 Å². The second kappa shape index (κ2) is 43.4.